The molecule has 246 valence electrons. The number of pyridine rings is 2. The highest BCUT2D eigenvalue weighted by molar-refractivity contribution is 6.26. The molecule has 10 aromatic rings. The van der Waals surface area contributed by atoms with Crippen molar-refractivity contribution in [2.75, 3.05) is 0 Å². The second-order valence-corrected chi connectivity index (χ2v) is 13.1. The summed E-state index contributed by atoms with van der Waals surface area (Å²) in [5, 5.41) is 4.73. The zero-order chi connectivity index (χ0) is 34.6. The first-order chi connectivity index (χ1) is 25.7. The smallest absolute Gasteiger partial charge is 0.137 e. The number of rotatable bonds is 6. The Morgan fingerprint density at radius 1 is 0.500 bits per heavy atom. The molecule has 0 aliphatic heterocycles. The lowest BCUT2D eigenvalue weighted by Gasteiger charge is -2.12. The van der Waals surface area contributed by atoms with Crippen LogP contribution in [0.5, 0.6) is 11.5 Å². The fraction of sp³-hybridized carbons (Fsp3) is 0.0213. The van der Waals surface area contributed by atoms with Crippen LogP contribution in [0.2, 0.25) is 0 Å². The Morgan fingerprint density at radius 2 is 1.25 bits per heavy atom. The molecule has 0 aliphatic carbocycles. The van der Waals surface area contributed by atoms with E-state index in [1.165, 1.54) is 27.2 Å². The van der Waals surface area contributed by atoms with Crippen LogP contribution in [0.25, 0.3) is 77.5 Å². The summed E-state index contributed by atoms with van der Waals surface area (Å²) in [5.74, 6) is 2.35. The molecule has 0 saturated carbocycles. The Bertz CT molecular complexity index is 2930. The lowest BCUT2D eigenvalue weighted by Crippen LogP contribution is -1.99. The van der Waals surface area contributed by atoms with Crippen molar-refractivity contribution < 1.29 is 4.74 Å². The number of ether oxygens (including phenoxy) is 1. The van der Waals surface area contributed by atoms with E-state index in [4.69, 9.17) is 9.72 Å². The predicted molar refractivity (Wildman–Crippen MR) is 213 cm³/mol. The van der Waals surface area contributed by atoms with Gasteiger partial charge in [-0.3, -0.25) is 9.55 Å². The first-order valence-corrected chi connectivity index (χ1v) is 17.5. The average Bonchev–Trinajstić information content (AvgIpc) is 3.71. The molecule has 0 unspecified atom stereocenters. The van der Waals surface area contributed by atoms with E-state index in [2.05, 4.69) is 142 Å². The molecule has 4 heterocycles. The first-order valence-electron chi connectivity index (χ1n) is 17.5. The Kier molecular flexibility index (Phi) is 6.96. The summed E-state index contributed by atoms with van der Waals surface area (Å²) < 4.78 is 11.3. The van der Waals surface area contributed by atoms with Crippen molar-refractivity contribution >= 4 is 43.6 Å². The van der Waals surface area contributed by atoms with Crippen molar-refractivity contribution in [1.82, 2.24) is 19.1 Å². The second kappa shape index (κ2) is 12.1. The van der Waals surface area contributed by atoms with Gasteiger partial charge in [-0.25, -0.2) is 4.98 Å². The highest BCUT2D eigenvalue weighted by Gasteiger charge is 2.22. The predicted octanol–water partition coefficient (Wildman–Crippen LogP) is 12.1. The largest absolute Gasteiger partial charge is 0.457 e. The Labute approximate surface area is 300 Å². The minimum atomic E-state index is 0.743. The summed E-state index contributed by atoms with van der Waals surface area (Å²) in [5.41, 5.74) is 10.9. The van der Waals surface area contributed by atoms with Gasteiger partial charge in [0.05, 0.1) is 27.8 Å². The maximum Gasteiger partial charge on any atom is 0.137 e. The summed E-state index contributed by atoms with van der Waals surface area (Å²) in [7, 11) is 0. The fourth-order valence-corrected chi connectivity index (χ4v) is 7.66. The van der Waals surface area contributed by atoms with Crippen LogP contribution in [-0.2, 0) is 0 Å². The van der Waals surface area contributed by atoms with Crippen LogP contribution >= 0.6 is 0 Å². The van der Waals surface area contributed by atoms with Gasteiger partial charge in [0.25, 0.3) is 0 Å². The number of nitrogens with zero attached hydrogens (tertiary/aromatic N) is 4. The molecule has 5 heteroatoms. The van der Waals surface area contributed by atoms with Gasteiger partial charge in [0.1, 0.15) is 17.3 Å². The summed E-state index contributed by atoms with van der Waals surface area (Å²) in [6, 6.07) is 56.9. The number of hydrogen-bond donors (Lipinski definition) is 0. The molecule has 0 aliphatic rings. The minimum Gasteiger partial charge on any atom is -0.457 e. The number of aryl methyl sites for hydroxylation is 1. The monoisotopic (exact) mass is 668 g/mol. The van der Waals surface area contributed by atoms with E-state index in [0.717, 1.165) is 67.4 Å². The molecule has 6 aromatic carbocycles. The number of para-hydroxylation sites is 2. The molecule has 0 radical (unpaired) electrons. The van der Waals surface area contributed by atoms with Gasteiger partial charge in [0, 0.05) is 56.8 Å². The van der Waals surface area contributed by atoms with Crippen LogP contribution in [0.4, 0.5) is 0 Å². The number of hydrogen-bond acceptors (Lipinski definition) is 3. The maximum atomic E-state index is 6.60. The van der Waals surface area contributed by atoms with Crippen molar-refractivity contribution in [3.05, 3.63) is 182 Å². The van der Waals surface area contributed by atoms with E-state index in [1.54, 1.807) is 0 Å². The summed E-state index contributed by atoms with van der Waals surface area (Å²) in [4.78, 5) is 9.67. The van der Waals surface area contributed by atoms with Gasteiger partial charge in [-0.1, -0.05) is 91.0 Å². The normalized spacial score (nSPS) is 11.6. The lowest BCUT2D eigenvalue weighted by atomic mass is 10.0. The van der Waals surface area contributed by atoms with Gasteiger partial charge >= 0.3 is 0 Å². The Balaban J connectivity index is 1.23. The minimum absolute atomic E-state index is 0.743. The quantitative estimate of drug-likeness (QED) is 0.177. The highest BCUT2D eigenvalue weighted by atomic mass is 16.5. The standard InChI is InChI=1S/C47H32N4O/c1-31-27-45(49-30-40(31)32-13-4-2-5-14-32)51-43-25-24-38-37-19-8-9-21-42(37)50(34-16-6-3-7-17-34)47(38)46(43)39-23-22-36(29-44(39)51)52-35-18-12-15-33(28-35)41-20-10-11-26-48-41/h2-30H,1H3. The molecule has 0 bridgehead atoms. The van der Waals surface area contributed by atoms with E-state index < -0.39 is 0 Å². The van der Waals surface area contributed by atoms with Crippen molar-refractivity contribution in [3.63, 3.8) is 0 Å². The molecule has 0 amide bonds. The number of benzene rings is 6. The van der Waals surface area contributed by atoms with Crippen molar-refractivity contribution in [2.24, 2.45) is 0 Å². The molecule has 0 N–H and O–H groups in total. The fourth-order valence-electron chi connectivity index (χ4n) is 7.66. The molecule has 5 nitrogen and oxygen atoms in total. The van der Waals surface area contributed by atoms with Gasteiger partial charge in [-0.05, 0) is 84.8 Å². The van der Waals surface area contributed by atoms with Crippen LogP contribution in [0.15, 0.2) is 176 Å². The first kappa shape index (κ1) is 29.9. The maximum absolute atomic E-state index is 6.60. The zero-order valence-electron chi connectivity index (χ0n) is 28.4. The van der Waals surface area contributed by atoms with Crippen LogP contribution < -0.4 is 4.74 Å². The Morgan fingerprint density at radius 3 is 2.08 bits per heavy atom. The molecule has 0 fully saturated rings. The summed E-state index contributed by atoms with van der Waals surface area (Å²) >= 11 is 0. The molecule has 4 aromatic heterocycles. The van der Waals surface area contributed by atoms with E-state index in [1.807, 2.05) is 54.9 Å². The van der Waals surface area contributed by atoms with Gasteiger partial charge in [-0.2, -0.15) is 0 Å². The average molecular weight is 669 g/mol. The van der Waals surface area contributed by atoms with Crippen molar-refractivity contribution in [1.29, 1.82) is 0 Å². The van der Waals surface area contributed by atoms with E-state index >= 15 is 0 Å². The van der Waals surface area contributed by atoms with Gasteiger partial charge in [0.2, 0.25) is 0 Å². The molecule has 0 saturated heterocycles. The van der Waals surface area contributed by atoms with Crippen LogP contribution in [0, 0.1) is 6.92 Å². The lowest BCUT2D eigenvalue weighted by molar-refractivity contribution is 0.483. The van der Waals surface area contributed by atoms with E-state index in [-0.39, 0.29) is 0 Å². The third-order valence-corrected chi connectivity index (χ3v) is 9.99. The van der Waals surface area contributed by atoms with Crippen LogP contribution in [0.3, 0.4) is 0 Å². The third kappa shape index (κ3) is 4.86. The van der Waals surface area contributed by atoms with Crippen molar-refractivity contribution in [3.8, 4) is 45.4 Å². The third-order valence-electron chi connectivity index (χ3n) is 9.99. The summed E-state index contributed by atoms with van der Waals surface area (Å²) in [6.07, 6.45) is 3.81. The molecule has 0 atom stereocenters. The highest BCUT2D eigenvalue weighted by Crippen LogP contribution is 2.43. The van der Waals surface area contributed by atoms with Crippen LogP contribution in [-0.4, -0.2) is 19.1 Å². The van der Waals surface area contributed by atoms with Crippen molar-refractivity contribution in [2.45, 2.75) is 6.92 Å². The van der Waals surface area contributed by atoms with Gasteiger partial charge in [0.15, 0.2) is 0 Å². The zero-order valence-corrected chi connectivity index (χ0v) is 28.4. The molecule has 0 spiro atoms. The topological polar surface area (TPSA) is 44.9 Å². The van der Waals surface area contributed by atoms with E-state index in [0.29, 0.717) is 0 Å². The molecular formula is C47H32N4O. The number of aromatic nitrogens is 4. The van der Waals surface area contributed by atoms with E-state index in [9.17, 15) is 0 Å². The Hall–Kier alpha value is -6.98. The van der Waals surface area contributed by atoms with Crippen LogP contribution in [0.1, 0.15) is 5.56 Å². The summed E-state index contributed by atoms with van der Waals surface area (Å²) in [6.45, 7) is 2.16. The van der Waals surface area contributed by atoms with Gasteiger partial charge < -0.3 is 9.30 Å². The second-order valence-electron chi connectivity index (χ2n) is 13.1. The van der Waals surface area contributed by atoms with Gasteiger partial charge in [-0.15, -0.1) is 0 Å². The molecule has 10 rings (SSSR count). The molecule has 52 heavy (non-hydrogen) atoms. The molecular weight excluding hydrogens is 637 g/mol. The number of fused-ring (bicyclic) bond motifs is 7. The SMILES string of the molecule is Cc1cc(-n2c3cc(Oc4cccc(-c5ccccn5)c4)ccc3c3c2ccc2c4ccccc4n(-c4ccccc4)c23)ncc1-c1ccccc1.